The number of anilines is 1. The predicted octanol–water partition coefficient (Wildman–Crippen LogP) is 6.40. The van der Waals surface area contributed by atoms with Gasteiger partial charge in [0, 0.05) is 30.0 Å². The van der Waals surface area contributed by atoms with E-state index in [0.717, 1.165) is 30.4 Å². The van der Waals surface area contributed by atoms with E-state index in [1.807, 2.05) is 49.0 Å². The van der Waals surface area contributed by atoms with Gasteiger partial charge in [0.15, 0.2) is 7.28 Å². The summed E-state index contributed by atoms with van der Waals surface area (Å²) in [4.78, 5) is 26.3. The quantitative estimate of drug-likeness (QED) is 0.292. The Bertz CT molecular complexity index is 1290. The fourth-order valence-electron chi connectivity index (χ4n) is 5.27. The van der Waals surface area contributed by atoms with E-state index < -0.39 is 23.9 Å². The molecule has 1 aliphatic heterocycles. The maximum Gasteiger partial charge on any atom is 0.416 e. The van der Waals surface area contributed by atoms with Gasteiger partial charge in [0.2, 0.25) is 5.95 Å². The van der Waals surface area contributed by atoms with Crippen molar-refractivity contribution in [2.24, 2.45) is 0 Å². The predicted molar refractivity (Wildman–Crippen MR) is 152 cm³/mol. The number of nitrogens with zero attached hydrogens (tertiary/aromatic N) is 4. The van der Waals surface area contributed by atoms with E-state index in [1.165, 1.54) is 6.07 Å². The molecule has 2 heterocycles. The maximum absolute atomic E-state index is 13.7. The second-order valence-electron chi connectivity index (χ2n) is 10.3. The third-order valence-electron chi connectivity index (χ3n) is 7.13. The molecule has 1 aliphatic rings. The molecule has 0 aliphatic carbocycles. The summed E-state index contributed by atoms with van der Waals surface area (Å²) in [5.41, 5.74) is 1.37. The van der Waals surface area contributed by atoms with E-state index in [0.29, 0.717) is 24.4 Å². The monoisotopic (exact) mass is 572 g/mol. The van der Waals surface area contributed by atoms with Crippen LogP contribution >= 0.6 is 11.6 Å². The highest BCUT2D eigenvalue weighted by Gasteiger charge is 2.48. The standard InChI is InChI=1S/C29H33BClF3N4O2/c1-5-24-14-25(26(20-9-7-6-8-10-20)38(24)28(39)40-18(2)3)37(27-35-15-22(30-4)16-36-27)17-19-11-21(29(32,33)34)13-23(31)12-19/h6-13,15-16,18,24-26,30H,5,14,17H2,1-4H3/t24-,25+,26?/m1/s1. The van der Waals surface area contributed by atoms with Crippen LogP contribution in [0.2, 0.25) is 11.8 Å². The zero-order valence-electron chi connectivity index (χ0n) is 23.0. The van der Waals surface area contributed by atoms with Crippen LogP contribution < -0.4 is 10.4 Å². The van der Waals surface area contributed by atoms with Crippen molar-refractivity contribution in [3.05, 3.63) is 82.6 Å². The van der Waals surface area contributed by atoms with Crippen LogP contribution in [0, 0.1) is 0 Å². The van der Waals surface area contributed by atoms with E-state index in [-0.39, 0.29) is 29.8 Å². The first-order valence-electron chi connectivity index (χ1n) is 13.5. The average molecular weight is 573 g/mol. The average Bonchev–Trinajstić information content (AvgIpc) is 3.31. The summed E-state index contributed by atoms with van der Waals surface area (Å²) < 4.78 is 46.7. The van der Waals surface area contributed by atoms with Gasteiger partial charge in [0.1, 0.15) is 0 Å². The molecule has 1 aromatic heterocycles. The van der Waals surface area contributed by atoms with Crippen LogP contribution in [0.4, 0.5) is 23.9 Å². The summed E-state index contributed by atoms with van der Waals surface area (Å²) in [5.74, 6) is 0.366. The highest BCUT2D eigenvalue weighted by molar-refractivity contribution is 6.51. The zero-order valence-corrected chi connectivity index (χ0v) is 23.8. The lowest BCUT2D eigenvalue weighted by atomic mass is 9.75. The minimum absolute atomic E-state index is 0.00775. The van der Waals surface area contributed by atoms with Crippen molar-refractivity contribution >= 4 is 36.4 Å². The Morgan fingerprint density at radius 3 is 2.42 bits per heavy atom. The van der Waals surface area contributed by atoms with Gasteiger partial charge in [-0.25, -0.2) is 14.8 Å². The van der Waals surface area contributed by atoms with Crippen LogP contribution in [0.3, 0.4) is 0 Å². The molecule has 212 valence electrons. The molecule has 0 spiro atoms. The number of amides is 1. The molecule has 1 fully saturated rings. The minimum Gasteiger partial charge on any atom is -0.447 e. The number of rotatable bonds is 8. The molecule has 0 saturated carbocycles. The Balaban J connectivity index is 1.84. The van der Waals surface area contributed by atoms with E-state index in [1.54, 1.807) is 31.1 Å². The lowest BCUT2D eigenvalue weighted by Gasteiger charge is -2.36. The van der Waals surface area contributed by atoms with Gasteiger partial charge in [-0.2, -0.15) is 13.2 Å². The zero-order chi connectivity index (χ0) is 29.0. The topological polar surface area (TPSA) is 58.6 Å². The number of carbonyl (C=O) groups excluding carboxylic acids is 1. The SMILES string of the molecule is CBc1cnc(N(Cc2cc(Cl)cc(C(F)(F)F)c2)[C@H]2C[C@@H](CC)N(C(=O)OC(C)C)C2c2ccccc2)nc1. The molecule has 40 heavy (non-hydrogen) atoms. The van der Waals surface area contributed by atoms with Crippen LogP contribution in [0.25, 0.3) is 0 Å². The summed E-state index contributed by atoms with van der Waals surface area (Å²) in [6.45, 7) is 7.67. The molecular formula is C29H33BClF3N4O2. The first-order chi connectivity index (χ1) is 19.0. The highest BCUT2D eigenvalue weighted by Crippen LogP contribution is 2.43. The Morgan fingerprint density at radius 2 is 1.85 bits per heavy atom. The second-order valence-corrected chi connectivity index (χ2v) is 10.7. The van der Waals surface area contributed by atoms with Gasteiger partial charge in [-0.05, 0) is 61.5 Å². The van der Waals surface area contributed by atoms with Gasteiger partial charge in [-0.1, -0.05) is 55.7 Å². The summed E-state index contributed by atoms with van der Waals surface area (Å²) in [6, 6.07) is 12.2. The summed E-state index contributed by atoms with van der Waals surface area (Å²) in [6.07, 6.45) is -0.613. The van der Waals surface area contributed by atoms with Crippen molar-refractivity contribution in [1.82, 2.24) is 14.9 Å². The number of hydrogen-bond acceptors (Lipinski definition) is 5. The summed E-state index contributed by atoms with van der Waals surface area (Å²) in [7, 11) is 0.742. The van der Waals surface area contributed by atoms with Crippen molar-refractivity contribution in [2.45, 2.75) is 77.4 Å². The fourth-order valence-corrected chi connectivity index (χ4v) is 5.53. The second kappa shape index (κ2) is 12.5. The van der Waals surface area contributed by atoms with Crippen LogP contribution in [0.1, 0.15) is 56.3 Å². The molecule has 11 heteroatoms. The molecule has 3 aromatic rings. The van der Waals surface area contributed by atoms with Gasteiger partial charge in [0.25, 0.3) is 0 Å². The molecule has 0 bridgehead atoms. The van der Waals surface area contributed by atoms with Crippen molar-refractivity contribution in [3.8, 4) is 0 Å². The van der Waals surface area contributed by atoms with E-state index in [2.05, 4.69) is 9.97 Å². The van der Waals surface area contributed by atoms with Gasteiger partial charge in [-0.15, -0.1) is 0 Å². The van der Waals surface area contributed by atoms with Crippen molar-refractivity contribution in [3.63, 3.8) is 0 Å². The third kappa shape index (κ3) is 6.71. The molecule has 1 unspecified atom stereocenters. The number of aromatic nitrogens is 2. The highest BCUT2D eigenvalue weighted by atomic mass is 35.5. The van der Waals surface area contributed by atoms with Crippen LogP contribution in [0.15, 0.2) is 60.9 Å². The normalized spacial score (nSPS) is 19.1. The summed E-state index contributed by atoms with van der Waals surface area (Å²) in [5, 5.41) is -0.00775. The number of alkyl halides is 3. The number of ether oxygens (including phenoxy) is 1. The van der Waals surface area contributed by atoms with E-state index in [4.69, 9.17) is 16.3 Å². The molecule has 3 atom stereocenters. The molecule has 1 saturated heterocycles. The van der Waals surface area contributed by atoms with Gasteiger partial charge in [-0.3, -0.25) is 4.90 Å². The number of hydrogen-bond donors (Lipinski definition) is 0. The van der Waals surface area contributed by atoms with Crippen molar-refractivity contribution in [2.75, 3.05) is 4.90 Å². The third-order valence-corrected chi connectivity index (χ3v) is 7.34. The van der Waals surface area contributed by atoms with E-state index in [9.17, 15) is 18.0 Å². The fraction of sp³-hybridized carbons (Fsp3) is 0.414. The Kier molecular flexibility index (Phi) is 9.28. The van der Waals surface area contributed by atoms with Crippen molar-refractivity contribution < 1.29 is 22.7 Å². The first kappa shape index (κ1) is 29.7. The molecular weight excluding hydrogens is 540 g/mol. The van der Waals surface area contributed by atoms with Crippen LogP contribution in [0.5, 0.6) is 0 Å². The van der Waals surface area contributed by atoms with Gasteiger partial charge >= 0.3 is 12.3 Å². The number of benzene rings is 2. The maximum atomic E-state index is 13.7. The van der Waals surface area contributed by atoms with Crippen LogP contribution in [-0.2, 0) is 17.5 Å². The van der Waals surface area contributed by atoms with Gasteiger partial charge < -0.3 is 9.64 Å². The lowest BCUT2D eigenvalue weighted by Crippen LogP contribution is -2.43. The Labute approximate surface area is 238 Å². The van der Waals surface area contributed by atoms with E-state index >= 15 is 0 Å². The van der Waals surface area contributed by atoms with Gasteiger partial charge in [0.05, 0.1) is 23.8 Å². The van der Waals surface area contributed by atoms with Crippen molar-refractivity contribution in [1.29, 1.82) is 0 Å². The first-order valence-corrected chi connectivity index (χ1v) is 13.9. The Hall–Kier alpha value is -3.27. The molecule has 6 nitrogen and oxygen atoms in total. The molecule has 0 N–H and O–H groups in total. The Morgan fingerprint density at radius 1 is 1.18 bits per heavy atom. The minimum atomic E-state index is -4.55. The number of likely N-dealkylation sites (tertiary alicyclic amines) is 1. The molecule has 1 amide bonds. The molecule has 0 radical (unpaired) electrons. The molecule has 4 rings (SSSR count). The lowest BCUT2D eigenvalue weighted by molar-refractivity contribution is -0.137. The summed E-state index contributed by atoms with van der Waals surface area (Å²) >= 11 is 6.15. The van der Waals surface area contributed by atoms with Crippen LogP contribution in [-0.4, -0.2) is 46.4 Å². The largest absolute Gasteiger partial charge is 0.447 e. The smallest absolute Gasteiger partial charge is 0.416 e. The molecule has 2 aromatic carbocycles. The number of halogens is 4. The number of carbonyl (C=O) groups is 1.